The quantitative estimate of drug-likeness (QED) is 0.817. The first kappa shape index (κ1) is 20.3. The van der Waals surface area contributed by atoms with Crippen LogP contribution in [0.25, 0.3) is 0 Å². The number of carboxylic acids is 1. The Morgan fingerprint density at radius 3 is 2.64 bits per heavy atom. The van der Waals surface area contributed by atoms with E-state index in [1.54, 1.807) is 11.5 Å². The zero-order chi connectivity index (χ0) is 20.5. The third kappa shape index (κ3) is 4.04. The summed E-state index contributed by atoms with van der Waals surface area (Å²) in [6, 6.07) is 3.21. The predicted octanol–water partition coefficient (Wildman–Crippen LogP) is 4.22. The normalized spacial score (nSPS) is 15.9. The summed E-state index contributed by atoms with van der Waals surface area (Å²) in [6.07, 6.45) is -0.885. The minimum atomic E-state index is -4.56. The van der Waals surface area contributed by atoms with Crippen molar-refractivity contribution < 1.29 is 27.9 Å². The fourth-order valence-electron chi connectivity index (χ4n) is 3.35. The van der Waals surface area contributed by atoms with Gasteiger partial charge in [-0.25, -0.2) is 4.79 Å². The van der Waals surface area contributed by atoms with Crippen LogP contribution < -0.4 is 4.80 Å². The highest BCUT2D eigenvalue weighted by molar-refractivity contribution is 7.09. The maximum Gasteiger partial charge on any atom is 0.416 e. The van der Waals surface area contributed by atoms with Crippen LogP contribution in [-0.4, -0.2) is 21.6 Å². The molecule has 0 saturated heterocycles. The molecule has 28 heavy (non-hydrogen) atoms. The molecule has 0 radical (unpaired) electrons. The number of amides is 1. The van der Waals surface area contributed by atoms with Crippen molar-refractivity contribution in [1.29, 1.82) is 0 Å². The first-order chi connectivity index (χ1) is 13.2. The van der Waals surface area contributed by atoms with E-state index in [9.17, 15) is 27.9 Å². The summed E-state index contributed by atoms with van der Waals surface area (Å²) < 4.78 is 40.3. The predicted molar refractivity (Wildman–Crippen MR) is 97.3 cm³/mol. The maximum atomic E-state index is 12.9. The second kappa shape index (κ2) is 7.90. The van der Waals surface area contributed by atoms with Crippen LogP contribution in [0.4, 0.5) is 13.2 Å². The summed E-state index contributed by atoms with van der Waals surface area (Å²) in [6.45, 7) is 1.73. The van der Waals surface area contributed by atoms with Gasteiger partial charge in [0, 0.05) is 16.1 Å². The van der Waals surface area contributed by atoms with Crippen LogP contribution in [0, 0.1) is 0 Å². The molecule has 1 atom stereocenters. The molecule has 1 aromatic heterocycles. The summed E-state index contributed by atoms with van der Waals surface area (Å²) in [5.74, 6) is -1.85. The fraction of sp³-hybridized carbons (Fsp3) is 0.421. The Hall–Kier alpha value is -2.42. The van der Waals surface area contributed by atoms with Gasteiger partial charge in [0.2, 0.25) is 0 Å². The number of carbonyl (C=O) groups is 2. The highest BCUT2D eigenvalue weighted by Crippen LogP contribution is 2.30. The molecule has 2 aromatic rings. The van der Waals surface area contributed by atoms with Gasteiger partial charge in [-0.1, -0.05) is 13.0 Å². The zero-order valence-electron chi connectivity index (χ0n) is 15.1. The van der Waals surface area contributed by atoms with Crippen LogP contribution in [0.3, 0.4) is 0 Å². The number of aliphatic carboxylic acids is 1. The number of halogens is 3. The highest BCUT2D eigenvalue weighted by atomic mass is 32.1. The molecular weight excluding hydrogens is 393 g/mol. The van der Waals surface area contributed by atoms with Crippen LogP contribution >= 0.6 is 11.3 Å². The SMILES string of the molecule is CCC(C(=O)O)n1c2c(s/c1=N\C(=O)c1cccc(C(F)(F)F)c1)CCCC2. The highest BCUT2D eigenvalue weighted by Gasteiger charge is 2.31. The van der Waals surface area contributed by atoms with Gasteiger partial charge in [-0.15, -0.1) is 11.3 Å². The average molecular weight is 412 g/mol. The number of carbonyl (C=O) groups excluding carboxylic acids is 1. The van der Waals surface area contributed by atoms with E-state index < -0.39 is 29.7 Å². The number of aryl methyl sites for hydroxylation is 1. The van der Waals surface area contributed by atoms with Crippen LogP contribution in [0.15, 0.2) is 29.3 Å². The Balaban J connectivity index is 2.10. The number of fused-ring (bicyclic) bond motifs is 1. The lowest BCUT2D eigenvalue weighted by Crippen LogP contribution is -2.29. The number of hydrogen-bond donors (Lipinski definition) is 1. The smallest absolute Gasteiger partial charge is 0.416 e. The van der Waals surface area contributed by atoms with E-state index in [2.05, 4.69) is 4.99 Å². The van der Waals surface area contributed by atoms with Gasteiger partial charge in [0.1, 0.15) is 6.04 Å². The summed E-state index contributed by atoms with van der Waals surface area (Å²) in [5, 5.41) is 9.58. The van der Waals surface area contributed by atoms with Crippen LogP contribution in [-0.2, 0) is 23.8 Å². The van der Waals surface area contributed by atoms with Gasteiger partial charge in [-0.2, -0.15) is 18.2 Å². The molecule has 1 heterocycles. The molecular formula is C19H19F3N2O3S. The van der Waals surface area contributed by atoms with Crippen molar-refractivity contribution in [3.8, 4) is 0 Å². The van der Waals surface area contributed by atoms with Crippen molar-refractivity contribution in [3.63, 3.8) is 0 Å². The first-order valence-electron chi connectivity index (χ1n) is 8.94. The van der Waals surface area contributed by atoms with Crippen molar-refractivity contribution in [2.24, 2.45) is 4.99 Å². The van der Waals surface area contributed by atoms with Crippen molar-refractivity contribution >= 4 is 23.2 Å². The lowest BCUT2D eigenvalue weighted by Gasteiger charge is -2.19. The van der Waals surface area contributed by atoms with E-state index >= 15 is 0 Å². The van der Waals surface area contributed by atoms with Gasteiger partial charge in [-0.05, 0) is 50.3 Å². The molecule has 1 amide bonds. The Labute approximate surface area is 163 Å². The van der Waals surface area contributed by atoms with E-state index in [1.807, 2.05) is 0 Å². The molecule has 3 rings (SSSR count). The van der Waals surface area contributed by atoms with E-state index in [0.29, 0.717) is 12.8 Å². The average Bonchev–Trinajstić information content (AvgIpc) is 2.99. The summed E-state index contributed by atoms with van der Waals surface area (Å²) in [4.78, 5) is 29.5. The third-order valence-electron chi connectivity index (χ3n) is 4.72. The molecule has 0 bridgehead atoms. The lowest BCUT2D eigenvalue weighted by atomic mass is 10.0. The van der Waals surface area contributed by atoms with E-state index in [0.717, 1.165) is 48.0 Å². The Morgan fingerprint density at radius 2 is 2.00 bits per heavy atom. The van der Waals surface area contributed by atoms with Crippen molar-refractivity contribution in [2.75, 3.05) is 0 Å². The number of hydrogen-bond acceptors (Lipinski definition) is 3. The van der Waals surface area contributed by atoms with Gasteiger partial charge < -0.3 is 9.67 Å². The van der Waals surface area contributed by atoms with Crippen molar-refractivity contribution in [1.82, 2.24) is 4.57 Å². The van der Waals surface area contributed by atoms with Crippen molar-refractivity contribution in [2.45, 2.75) is 51.2 Å². The maximum absolute atomic E-state index is 12.9. The molecule has 0 aliphatic heterocycles. The molecule has 0 saturated carbocycles. The summed E-state index contributed by atoms with van der Waals surface area (Å²) in [7, 11) is 0. The van der Waals surface area contributed by atoms with Crippen LogP contribution in [0.5, 0.6) is 0 Å². The molecule has 1 unspecified atom stereocenters. The van der Waals surface area contributed by atoms with Crippen molar-refractivity contribution in [3.05, 3.63) is 50.8 Å². The molecule has 1 N–H and O–H groups in total. The number of nitrogens with zero attached hydrogens (tertiary/aromatic N) is 2. The molecule has 1 aliphatic rings. The number of aromatic nitrogens is 1. The second-order valence-corrected chi connectivity index (χ2v) is 7.65. The fourth-order valence-corrected chi connectivity index (χ4v) is 4.60. The van der Waals surface area contributed by atoms with Crippen LogP contribution in [0.1, 0.15) is 58.7 Å². The topological polar surface area (TPSA) is 71.7 Å². The molecule has 1 aromatic carbocycles. The third-order valence-corrected chi connectivity index (χ3v) is 5.87. The zero-order valence-corrected chi connectivity index (χ0v) is 15.9. The van der Waals surface area contributed by atoms with Gasteiger partial charge in [0.15, 0.2) is 4.80 Å². The summed E-state index contributed by atoms with van der Waals surface area (Å²) in [5.41, 5.74) is -0.249. The molecule has 0 spiro atoms. The monoisotopic (exact) mass is 412 g/mol. The Kier molecular flexibility index (Phi) is 5.74. The number of rotatable bonds is 4. The van der Waals surface area contributed by atoms with Gasteiger partial charge in [0.05, 0.1) is 5.56 Å². The molecule has 9 heteroatoms. The molecule has 1 aliphatic carbocycles. The molecule has 5 nitrogen and oxygen atoms in total. The van der Waals surface area contributed by atoms with Crippen LogP contribution in [0.2, 0.25) is 0 Å². The Bertz CT molecular complexity index is 976. The minimum Gasteiger partial charge on any atom is -0.480 e. The van der Waals surface area contributed by atoms with E-state index in [4.69, 9.17) is 0 Å². The van der Waals surface area contributed by atoms with Gasteiger partial charge in [0.25, 0.3) is 5.91 Å². The number of benzene rings is 1. The molecule has 150 valence electrons. The molecule has 0 fully saturated rings. The lowest BCUT2D eigenvalue weighted by molar-refractivity contribution is -0.141. The minimum absolute atomic E-state index is 0.184. The number of carboxylic acid groups (broad SMARTS) is 1. The van der Waals surface area contributed by atoms with Gasteiger partial charge in [-0.3, -0.25) is 4.79 Å². The standard InChI is InChI=1S/C19H19F3N2O3S/c1-2-13(17(26)27)24-14-8-3-4-9-15(14)28-18(24)23-16(25)11-6-5-7-12(10-11)19(20,21)22/h5-7,10,13H,2-4,8-9H2,1H3,(H,26,27)/b23-18-. The first-order valence-corrected chi connectivity index (χ1v) is 9.76. The summed E-state index contributed by atoms with van der Waals surface area (Å²) >= 11 is 1.25. The number of thiazole rings is 1. The number of alkyl halides is 3. The second-order valence-electron chi connectivity index (χ2n) is 6.59. The van der Waals surface area contributed by atoms with E-state index in [1.165, 1.54) is 17.4 Å². The largest absolute Gasteiger partial charge is 0.480 e. The van der Waals surface area contributed by atoms with E-state index in [-0.39, 0.29) is 10.4 Å². The van der Waals surface area contributed by atoms with Gasteiger partial charge >= 0.3 is 12.1 Å². The Morgan fingerprint density at radius 1 is 1.29 bits per heavy atom.